The molecule has 2 N–H and O–H groups in total. The number of carbonyl (C=O) groups is 4. The number of nitrogens with zero attached hydrogens (tertiary/aromatic N) is 2. The Labute approximate surface area is 167 Å². The van der Waals surface area contributed by atoms with Crippen molar-refractivity contribution in [1.29, 1.82) is 0 Å². The standard InChI is InChI=1S/C17H26N4O8/c1-4-26-15(23)13(9-12-10-18-11-19-12)20-14(22)7-8-21(16(24)27-5-2)29-17(25)28-6-3/h10-11,13H,4-9H2,1-3H3,(H,18,19)(H,20,22)/t13-/m1/s1. The predicted molar refractivity (Wildman–Crippen MR) is 97.3 cm³/mol. The molecular formula is C17H26N4O8. The van der Waals surface area contributed by atoms with Crippen LogP contribution in [0.2, 0.25) is 0 Å². The van der Waals surface area contributed by atoms with Gasteiger partial charge in [0, 0.05) is 24.7 Å². The average molecular weight is 414 g/mol. The molecule has 0 bridgehead atoms. The van der Waals surface area contributed by atoms with Crippen molar-refractivity contribution in [3.05, 3.63) is 18.2 Å². The maximum Gasteiger partial charge on any atom is 0.533 e. The number of aromatic nitrogens is 2. The van der Waals surface area contributed by atoms with Crippen LogP contribution in [-0.2, 0) is 35.1 Å². The van der Waals surface area contributed by atoms with E-state index < -0.39 is 30.2 Å². The van der Waals surface area contributed by atoms with Crippen LogP contribution < -0.4 is 5.32 Å². The Balaban J connectivity index is 2.68. The van der Waals surface area contributed by atoms with Gasteiger partial charge in [0.15, 0.2) is 0 Å². The first-order valence-corrected chi connectivity index (χ1v) is 9.13. The van der Waals surface area contributed by atoms with Crippen molar-refractivity contribution in [2.75, 3.05) is 26.4 Å². The molecule has 1 aromatic rings. The Morgan fingerprint density at radius 3 is 2.38 bits per heavy atom. The van der Waals surface area contributed by atoms with Gasteiger partial charge in [-0.3, -0.25) is 4.79 Å². The van der Waals surface area contributed by atoms with Gasteiger partial charge in [-0.25, -0.2) is 19.4 Å². The molecule has 12 heteroatoms. The van der Waals surface area contributed by atoms with Gasteiger partial charge in [0.25, 0.3) is 0 Å². The molecule has 0 aliphatic heterocycles. The number of nitrogens with one attached hydrogen (secondary N) is 2. The minimum absolute atomic E-state index is 0.0445. The van der Waals surface area contributed by atoms with Crippen LogP contribution in [0.4, 0.5) is 9.59 Å². The fraction of sp³-hybridized carbons (Fsp3) is 0.588. The summed E-state index contributed by atoms with van der Waals surface area (Å²) in [6, 6.07) is -0.954. The monoisotopic (exact) mass is 414 g/mol. The maximum absolute atomic E-state index is 12.3. The van der Waals surface area contributed by atoms with Crippen LogP contribution in [0.15, 0.2) is 12.5 Å². The molecule has 0 aliphatic rings. The number of aromatic amines is 1. The maximum atomic E-state index is 12.3. The molecular weight excluding hydrogens is 388 g/mol. The largest absolute Gasteiger partial charge is 0.533 e. The van der Waals surface area contributed by atoms with E-state index in [9.17, 15) is 19.2 Å². The van der Waals surface area contributed by atoms with Crippen LogP contribution in [0, 0.1) is 0 Å². The normalized spacial score (nSPS) is 11.1. The third kappa shape index (κ3) is 8.95. The van der Waals surface area contributed by atoms with Crippen molar-refractivity contribution in [2.45, 2.75) is 39.7 Å². The SMILES string of the molecule is CCOC(=O)ON(CCC(=O)N[C@H](Cc1cnc[nH]1)C(=O)OCC)C(=O)OCC. The highest BCUT2D eigenvalue weighted by atomic mass is 16.8. The molecule has 12 nitrogen and oxygen atoms in total. The first-order valence-electron chi connectivity index (χ1n) is 9.13. The summed E-state index contributed by atoms with van der Waals surface area (Å²) in [6.07, 6.45) is 0.789. The zero-order valence-corrected chi connectivity index (χ0v) is 16.6. The van der Waals surface area contributed by atoms with Crippen molar-refractivity contribution in [3.63, 3.8) is 0 Å². The van der Waals surface area contributed by atoms with Gasteiger partial charge in [-0.05, 0) is 20.8 Å². The van der Waals surface area contributed by atoms with Crippen molar-refractivity contribution < 1.29 is 38.2 Å². The summed E-state index contributed by atoms with van der Waals surface area (Å²) in [5.74, 6) is -1.18. The van der Waals surface area contributed by atoms with Crippen molar-refractivity contribution >= 4 is 24.1 Å². The quantitative estimate of drug-likeness (QED) is 0.324. The molecule has 1 heterocycles. The number of amides is 2. The molecule has 0 saturated carbocycles. The molecule has 0 radical (unpaired) electrons. The van der Waals surface area contributed by atoms with Crippen LogP contribution in [0.1, 0.15) is 32.9 Å². The smallest absolute Gasteiger partial charge is 0.464 e. The number of esters is 1. The van der Waals surface area contributed by atoms with E-state index in [1.165, 1.54) is 12.5 Å². The van der Waals surface area contributed by atoms with Crippen molar-refractivity contribution in [1.82, 2.24) is 20.3 Å². The number of hydrogen-bond acceptors (Lipinski definition) is 9. The lowest BCUT2D eigenvalue weighted by Gasteiger charge is -2.20. The topological polar surface area (TPSA) is 149 Å². The van der Waals surface area contributed by atoms with E-state index >= 15 is 0 Å². The zero-order valence-electron chi connectivity index (χ0n) is 16.6. The highest BCUT2D eigenvalue weighted by molar-refractivity contribution is 5.85. The minimum Gasteiger partial charge on any atom is -0.464 e. The summed E-state index contributed by atoms with van der Waals surface area (Å²) in [7, 11) is 0. The third-order valence-electron chi connectivity index (χ3n) is 3.35. The van der Waals surface area contributed by atoms with E-state index in [4.69, 9.17) is 14.3 Å². The van der Waals surface area contributed by atoms with Gasteiger partial charge in [-0.2, -0.15) is 0 Å². The lowest BCUT2D eigenvalue weighted by Crippen LogP contribution is -2.45. The van der Waals surface area contributed by atoms with Gasteiger partial charge in [0.2, 0.25) is 5.91 Å². The van der Waals surface area contributed by atoms with E-state index in [1.54, 1.807) is 20.8 Å². The Bertz CT molecular complexity index is 664. The van der Waals surface area contributed by atoms with E-state index in [0.29, 0.717) is 10.8 Å². The molecule has 2 amide bonds. The van der Waals surface area contributed by atoms with E-state index in [-0.39, 0.29) is 39.2 Å². The van der Waals surface area contributed by atoms with Gasteiger partial charge >= 0.3 is 18.2 Å². The third-order valence-corrected chi connectivity index (χ3v) is 3.35. The van der Waals surface area contributed by atoms with Crippen LogP contribution in [0.25, 0.3) is 0 Å². The predicted octanol–water partition coefficient (Wildman–Crippen LogP) is 0.937. The second-order valence-electron chi connectivity index (χ2n) is 5.48. The second-order valence-corrected chi connectivity index (χ2v) is 5.48. The number of H-pyrrole nitrogens is 1. The molecule has 0 fully saturated rings. The lowest BCUT2D eigenvalue weighted by molar-refractivity contribution is -0.147. The molecule has 0 spiro atoms. The molecule has 0 saturated heterocycles. The Morgan fingerprint density at radius 1 is 1.10 bits per heavy atom. The van der Waals surface area contributed by atoms with Crippen molar-refractivity contribution in [3.8, 4) is 0 Å². The first kappa shape index (κ1) is 23.7. The number of rotatable bonds is 10. The van der Waals surface area contributed by atoms with Crippen LogP contribution in [-0.4, -0.2) is 71.6 Å². The molecule has 162 valence electrons. The molecule has 29 heavy (non-hydrogen) atoms. The fourth-order valence-electron chi connectivity index (χ4n) is 2.13. The highest BCUT2D eigenvalue weighted by Gasteiger charge is 2.25. The Hall–Kier alpha value is -3.31. The van der Waals surface area contributed by atoms with E-state index in [1.807, 2.05) is 0 Å². The number of carbonyl (C=O) groups excluding carboxylic acids is 4. The molecule has 1 rings (SSSR count). The first-order chi connectivity index (χ1) is 13.9. The number of hydrogen-bond donors (Lipinski definition) is 2. The number of imidazole rings is 1. The van der Waals surface area contributed by atoms with Gasteiger partial charge in [-0.15, -0.1) is 5.06 Å². The second kappa shape index (κ2) is 13.0. The summed E-state index contributed by atoms with van der Waals surface area (Å²) in [4.78, 5) is 59.2. The molecule has 0 aromatic carbocycles. The average Bonchev–Trinajstić information content (AvgIpc) is 3.18. The Kier molecular flexibility index (Phi) is 10.6. The summed E-state index contributed by atoms with van der Waals surface area (Å²) >= 11 is 0. The van der Waals surface area contributed by atoms with Crippen LogP contribution in [0.5, 0.6) is 0 Å². The van der Waals surface area contributed by atoms with Crippen LogP contribution in [0.3, 0.4) is 0 Å². The summed E-state index contributed by atoms with van der Waals surface area (Å²) in [6.45, 7) is 4.73. The van der Waals surface area contributed by atoms with E-state index in [2.05, 4.69) is 20.0 Å². The summed E-state index contributed by atoms with van der Waals surface area (Å²) in [5.41, 5.74) is 0.627. The van der Waals surface area contributed by atoms with Crippen LogP contribution >= 0.6 is 0 Å². The molecule has 1 aromatic heterocycles. The summed E-state index contributed by atoms with van der Waals surface area (Å²) < 4.78 is 14.4. The molecule has 0 unspecified atom stereocenters. The minimum atomic E-state index is -1.11. The van der Waals surface area contributed by atoms with Gasteiger partial charge in [-0.1, -0.05) is 0 Å². The van der Waals surface area contributed by atoms with Gasteiger partial charge in [0.05, 0.1) is 32.7 Å². The van der Waals surface area contributed by atoms with Crippen molar-refractivity contribution in [2.24, 2.45) is 0 Å². The fourth-order valence-corrected chi connectivity index (χ4v) is 2.13. The molecule has 1 atom stereocenters. The number of ether oxygens (including phenoxy) is 3. The Morgan fingerprint density at radius 2 is 1.79 bits per heavy atom. The lowest BCUT2D eigenvalue weighted by atomic mass is 10.1. The number of hydroxylamine groups is 2. The zero-order chi connectivity index (χ0) is 21.6. The summed E-state index contributed by atoms with van der Waals surface area (Å²) in [5, 5.41) is 3.11. The molecule has 0 aliphatic carbocycles. The van der Waals surface area contributed by atoms with E-state index in [0.717, 1.165) is 0 Å². The highest BCUT2D eigenvalue weighted by Crippen LogP contribution is 2.04. The van der Waals surface area contributed by atoms with Gasteiger partial charge in [0.1, 0.15) is 6.04 Å². The van der Waals surface area contributed by atoms with Gasteiger partial charge < -0.3 is 29.3 Å².